The van der Waals surface area contributed by atoms with Crippen molar-refractivity contribution in [2.45, 2.75) is 6.42 Å². The number of benzene rings is 1. The molecule has 0 unspecified atom stereocenters. The van der Waals surface area contributed by atoms with Crippen LogP contribution >= 0.6 is 11.5 Å². The summed E-state index contributed by atoms with van der Waals surface area (Å²) in [7, 11) is 0. The van der Waals surface area contributed by atoms with Crippen LogP contribution in [0.1, 0.15) is 16.9 Å². The number of piperidine rings is 1. The Morgan fingerprint density at radius 3 is 3.05 bits per heavy atom. The predicted octanol–water partition coefficient (Wildman–Crippen LogP) is 2.55. The second kappa shape index (κ2) is 4.07. The minimum Gasteiger partial charge on any atom is -0.376 e. The number of hydrogen-bond donors (Lipinski definition) is 0. The Morgan fingerprint density at radius 1 is 1.29 bits per heavy atom. The van der Waals surface area contributed by atoms with Crippen molar-refractivity contribution in [3.05, 3.63) is 41.9 Å². The van der Waals surface area contributed by atoms with Gasteiger partial charge in [0.05, 0.1) is 4.70 Å². The summed E-state index contributed by atoms with van der Waals surface area (Å²) in [6.07, 6.45) is 3.39. The summed E-state index contributed by atoms with van der Waals surface area (Å²) in [5, 5.41) is 0.986. The Kier molecular flexibility index (Phi) is 2.28. The van der Waals surface area contributed by atoms with Crippen molar-refractivity contribution in [2.24, 2.45) is 11.8 Å². The highest BCUT2D eigenvalue weighted by atomic mass is 32.1. The smallest absolute Gasteiger partial charge is 0.278 e. The van der Waals surface area contributed by atoms with Gasteiger partial charge >= 0.3 is 0 Å². The molecule has 6 rings (SSSR count). The van der Waals surface area contributed by atoms with Crippen molar-refractivity contribution in [3.63, 3.8) is 0 Å². The van der Waals surface area contributed by atoms with E-state index in [-0.39, 0.29) is 5.91 Å². The van der Waals surface area contributed by atoms with E-state index in [0.29, 0.717) is 17.5 Å². The molecule has 2 fully saturated rings. The molecule has 2 saturated heterocycles. The number of aromatic nitrogens is 1. The van der Waals surface area contributed by atoms with Crippen LogP contribution in [0.15, 0.2) is 36.2 Å². The summed E-state index contributed by atoms with van der Waals surface area (Å²) in [5.41, 5.74) is 1.84. The quantitative estimate of drug-likeness (QED) is 0.811. The Bertz CT molecular complexity index is 781. The SMILES string of the molecule is O=C(c1nsc2ccccc12)N1C[C@H]2CN3C=C1[C@@H]2CC3. The van der Waals surface area contributed by atoms with E-state index in [1.165, 1.54) is 23.7 Å². The zero-order chi connectivity index (χ0) is 14.0. The van der Waals surface area contributed by atoms with Gasteiger partial charge in [-0.25, -0.2) is 0 Å². The van der Waals surface area contributed by atoms with E-state index in [1.807, 2.05) is 29.2 Å². The highest BCUT2D eigenvalue weighted by molar-refractivity contribution is 7.13. The molecule has 1 aromatic heterocycles. The summed E-state index contributed by atoms with van der Waals surface area (Å²) >= 11 is 1.41. The number of likely N-dealkylation sites (tertiary alicyclic amines) is 1. The maximum Gasteiger partial charge on any atom is 0.278 e. The standard InChI is InChI=1S/C16H15N3OS/c20-16(15-12-3-1-2-4-14(12)21-17-15)19-8-10-7-18-6-5-11(10)13(19)9-18/h1-4,9-11H,5-8H2/t10-,11-/m1/s1. The summed E-state index contributed by atoms with van der Waals surface area (Å²) in [6.45, 7) is 3.11. The van der Waals surface area contributed by atoms with Gasteiger partial charge in [-0.1, -0.05) is 18.2 Å². The first-order valence-electron chi connectivity index (χ1n) is 7.43. The largest absolute Gasteiger partial charge is 0.376 e. The van der Waals surface area contributed by atoms with Crippen LogP contribution in [0.25, 0.3) is 10.1 Å². The van der Waals surface area contributed by atoms with E-state index in [0.717, 1.165) is 29.7 Å². The average molecular weight is 297 g/mol. The Labute approximate surface area is 126 Å². The van der Waals surface area contributed by atoms with E-state index in [1.54, 1.807) is 0 Å². The maximum atomic E-state index is 13.0. The number of amides is 1. The summed E-state index contributed by atoms with van der Waals surface area (Å²) in [5.74, 6) is 1.28. The molecule has 1 amide bonds. The Balaban J connectivity index is 1.57. The number of carbonyl (C=O) groups excluding carboxylic acids is 1. The minimum atomic E-state index is 0.0787. The van der Waals surface area contributed by atoms with E-state index < -0.39 is 0 Å². The molecule has 0 N–H and O–H groups in total. The third kappa shape index (κ3) is 1.55. The number of allylic oxidation sites excluding steroid dienone is 1. The van der Waals surface area contributed by atoms with E-state index in [9.17, 15) is 4.79 Å². The lowest BCUT2D eigenvalue weighted by molar-refractivity contribution is 0.0817. The summed E-state index contributed by atoms with van der Waals surface area (Å²) in [4.78, 5) is 17.3. The molecule has 4 aliphatic rings. The van der Waals surface area contributed by atoms with Crippen molar-refractivity contribution >= 4 is 27.5 Å². The molecule has 0 radical (unpaired) electrons. The second-order valence-electron chi connectivity index (χ2n) is 6.15. The van der Waals surface area contributed by atoms with Crippen molar-refractivity contribution in [2.75, 3.05) is 19.6 Å². The molecular formula is C16H15N3OS. The van der Waals surface area contributed by atoms with Crippen LogP contribution in [0.3, 0.4) is 0 Å². The van der Waals surface area contributed by atoms with Crippen LogP contribution in [0.5, 0.6) is 0 Å². The molecule has 0 saturated carbocycles. The van der Waals surface area contributed by atoms with Crippen LogP contribution in [-0.2, 0) is 0 Å². The van der Waals surface area contributed by atoms with Crippen LogP contribution < -0.4 is 0 Å². The molecule has 4 bridgehead atoms. The van der Waals surface area contributed by atoms with E-state index in [4.69, 9.17) is 0 Å². The van der Waals surface area contributed by atoms with Crippen molar-refractivity contribution in [3.8, 4) is 0 Å². The first-order valence-corrected chi connectivity index (χ1v) is 8.20. The molecule has 4 aliphatic heterocycles. The molecule has 2 aromatic rings. The third-order valence-corrected chi connectivity index (χ3v) is 5.84. The van der Waals surface area contributed by atoms with Crippen LogP contribution in [-0.4, -0.2) is 39.7 Å². The van der Waals surface area contributed by atoms with E-state index >= 15 is 0 Å². The van der Waals surface area contributed by atoms with Gasteiger partial charge in [0.1, 0.15) is 5.69 Å². The highest BCUT2D eigenvalue weighted by Gasteiger charge is 2.46. The maximum absolute atomic E-state index is 13.0. The molecular weight excluding hydrogens is 282 g/mol. The fourth-order valence-electron chi connectivity index (χ4n) is 4.01. The van der Waals surface area contributed by atoms with Crippen molar-refractivity contribution < 1.29 is 4.79 Å². The van der Waals surface area contributed by atoms with Gasteiger partial charge in [-0.2, -0.15) is 4.37 Å². The molecule has 106 valence electrons. The number of nitrogens with zero attached hydrogens (tertiary/aromatic N) is 3. The molecule has 21 heavy (non-hydrogen) atoms. The lowest BCUT2D eigenvalue weighted by Crippen LogP contribution is -2.40. The Morgan fingerprint density at radius 2 is 2.19 bits per heavy atom. The van der Waals surface area contributed by atoms with Gasteiger partial charge in [-0.15, -0.1) is 0 Å². The van der Waals surface area contributed by atoms with Gasteiger partial charge in [-0.05, 0) is 24.0 Å². The van der Waals surface area contributed by atoms with Gasteiger partial charge in [0.15, 0.2) is 0 Å². The van der Waals surface area contributed by atoms with Gasteiger partial charge in [0.2, 0.25) is 0 Å². The monoisotopic (exact) mass is 297 g/mol. The number of carbonyl (C=O) groups is 1. The van der Waals surface area contributed by atoms with Crippen molar-refractivity contribution in [1.82, 2.24) is 14.2 Å². The number of fused-ring (bicyclic) bond motifs is 2. The molecule has 2 atom stereocenters. The molecule has 0 aliphatic carbocycles. The second-order valence-corrected chi connectivity index (χ2v) is 6.95. The zero-order valence-electron chi connectivity index (χ0n) is 11.5. The third-order valence-electron chi connectivity index (χ3n) is 5.01. The lowest BCUT2D eigenvalue weighted by atomic mass is 9.84. The van der Waals surface area contributed by atoms with Gasteiger partial charge in [0.25, 0.3) is 5.91 Å². The Hall–Kier alpha value is -1.88. The molecule has 1 aromatic carbocycles. The molecule has 0 spiro atoms. The van der Waals surface area contributed by atoms with Gasteiger partial charge in [0, 0.05) is 48.8 Å². The fourth-order valence-corrected chi connectivity index (χ4v) is 4.78. The van der Waals surface area contributed by atoms with E-state index in [2.05, 4.69) is 15.5 Å². The molecule has 5 heteroatoms. The summed E-state index contributed by atoms with van der Waals surface area (Å²) in [6, 6.07) is 7.99. The lowest BCUT2D eigenvalue weighted by Gasteiger charge is -2.39. The minimum absolute atomic E-state index is 0.0787. The fraction of sp³-hybridized carbons (Fsp3) is 0.375. The van der Waals surface area contributed by atoms with Gasteiger partial charge in [-0.3, -0.25) is 4.79 Å². The normalized spacial score (nSPS) is 26.6. The predicted molar refractivity (Wildman–Crippen MR) is 81.9 cm³/mol. The first kappa shape index (κ1) is 11.7. The zero-order valence-corrected chi connectivity index (χ0v) is 12.3. The topological polar surface area (TPSA) is 36.4 Å². The number of hydrogen-bond acceptors (Lipinski definition) is 4. The molecule has 4 nitrogen and oxygen atoms in total. The van der Waals surface area contributed by atoms with Crippen LogP contribution in [0, 0.1) is 11.8 Å². The average Bonchev–Trinajstić information content (AvgIpc) is 3.06. The van der Waals surface area contributed by atoms with Crippen molar-refractivity contribution in [1.29, 1.82) is 0 Å². The summed E-state index contributed by atoms with van der Waals surface area (Å²) < 4.78 is 5.51. The highest BCUT2D eigenvalue weighted by Crippen LogP contribution is 2.44. The van der Waals surface area contributed by atoms with Crippen LogP contribution in [0.2, 0.25) is 0 Å². The van der Waals surface area contributed by atoms with Gasteiger partial charge < -0.3 is 9.80 Å². The van der Waals surface area contributed by atoms with Crippen LogP contribution in [0.4, 0.5) is 0 Å². The first-order chi connectivity index (χ1) is 10.3. The molecule has 5 heterocycles. The number of rotatable bonds is 1.